The zero-order valence-electron chi connectivity index (χ0n) is 11.7. The van der Waals surface area contributed by atoms with Gasteiger partial charge in [-0.3, -0.25) is 4.79 Å². The molecule has 2 aromatic rings. The van der Waals surface area contributed by atoms with Crippen LogP contribution in [0.4, 0.5) is 21.5 Å². The number of amides is 1. The zero-order valence-corrected chi connectivity index (χ0v) is 13.2. The Morgan fingerprint density at radius 3 is 2.62 bits per heavy atom. The molecule has 0 bridgehead atoms. The molecule has 0 fully saturated rings. The van der Waals surface area contributed by atoms with Crippen molar-refractivity contribution < 1.29 is 9.18 Å². The van der Waals surface area contributed by atoms with E-state index in [2.05, 4.69) is 21.2 Å². The monoisotopic (exact) mass is 351 g/mol. The van der Waals surface area contributed by atoms with Crippen molar-refractivity contribution in [3.63, 3.8) is 0 Å². The van der Waals surface area contributed by atoms with Gasteiger partial charge in [0.2, 0.25) is 0 Å². The minimum Gasteiger partial charge on any atom is -0.399 e. The molecule has 0 saturated heterocycles. The van der Waals surface area contributed by atoms with Gasteiger partial charge in [0, 0.05) is 29.9 Å². The summed E-state index contributed by atoms with van der Waals surface area (Å²) in [5.74, 6) is -0.912. The van der Waals surface area contributed by atoms with Crippen LogP contribution in [0.25, 0.3) is 0 Å². The number of nitrogens with zero attached hydrogens (tertiary/aromatic N) is 1. The Morgan fingerprint density at radius 1 is 1.24 bits per heavy atom. The molecule has 0 aliphatic rings. The SMILES string of the molecule is CN(C)c1ccc(N)cc1C(=O)Nc1cc(Br)ccc1F. The molecule has 1 amide bonds. The molecule has 0 unspecified atom stereocenters. The smallest absolute Gasteiger partial charge is 0.257 e. The van der Waals surface area contributed by atoms with Crippen LogP contribution < -0.4 is 16.0 Å². The molecule has 6 heteroatoms. The molecule has 0 saturated carbocycles. The summed E-state index contributed by atoms with van der Waals surface area (Å²) in [5.41, 5.74) is 7.41. The molecule has 4 nitrogen and oxygen atoms in total. The minimum absolute atomic E-state index is 0.113. The molecule has 0 radical (unpaired) electrons. The van der Waals surface area contributed by atoms with Gasteiger partial charge in [-0.2, -0.15) is 0 Å². The third kappa shape index (κ3) is 3.52. The van der Waals surface area contributed by atoms with E-state index >= 15 is 0 Å². The Hall–Kier alpha value is -2.08. The summed E-state index contributed by atoms with van der Waals surface area (Å²) in [7, 11) is 3.64. The first-order chi connectivity index (χ1) is 9.88. The van der Waals surface area contributed by atoms with Crippen molar-refractivity contribution in [1.29, 1.82) is 0 Å². The van der Waals surface area contributed by atoms with Crippen molar-refractivity contribution >= 4 is 38.9 Å². The van der Waals surface area contributed by atoms with E-state index < -0.39 is 11.7 Å². The Bertz CT molecular complexity index is 689. The number of benzene rings is 2. The second kappa shape index (κ2) is 6.13. The summed E-state index contributed by atoms with van der Waals surface area (Å²) in [5, 5.41) is 2.56. The van der Waals surface area contributed by atoms with Gasteiger partial charge in [0.05, 0.1) is 11.3 Å². The van der Waals surface area contributed by atoms with Crippen LogP contribution in [-0.2, 0) is 0 Å². The summed E-state index contributed by atoms with van der Waals surface area (Å²) in [6, 6.07) is 9.39. The summed E-state index contributed by atoms with van der Waals surface area (Å²) in [6.45, 7) is 0. The summed E-state index contributed by atoms with van der Waals surface area (Å²) in [4.78, 5) is 14.2. The van der Waals surface area contributed by atoms with Crippen LogP contribution in [0.2, 0.25) is 0 Å². The summed E-state index contributed by atoms with van der Waals surface area (Å²) < 4.78 is 14.4. The van der Waals surface area contributed by atoms with Gasteiger partial charge in [-0.25, -0.2) is 4.39 Å². The number of hydrogen-bond donors (Lipinski definition) is 2. The van der Waals surface area contributed by atoms with Crippen molar-refractivity contribution in [3.05, 3.63) is 52.3 Å². The average molecular weight is 352 g/mol. The lowest BCUT2D eigenvalue weighted by Crippen LogP contribution is -2.19. The first-order valence-electron chi connectivity index (χ1n) is 6.21. The molecular formula is C15H15BrFN3O. The van der Waals surface area contributed by atoms with E-state index in [1.807, 2.05) is 14.1 Å². The van der Waals surface area contributed by atoms with Gasteiger partial charge in [-0.05, 0) is 36.4 Å². The third-order valence-electron chi connectivity index (χ3n) is 2.92. The van der Waals surface area contributed by atoms with Crippen LogP contribution in [-0.4, -0.2) is 20.0 Å². The minimum atomic E-state index is -0.498. The fraction of sp³-hybridized carbons (Fsp3) is 0.133. The highest BCUT2D eigenvalue weighted by Crippen LogP contribution is 2.25. The predicted molar refractivity (Wildman–Crippen MR) is 87.2 cm³/mol. The van der Waals surface area contributed by atoms with E-state index in [1.54, 1.807) is 29.2 Å². The molecule has 110 valence electrons. The molecule has 0 aliphatic heterocycles. The lowest BCUT2D eigenvalue weighted by atomic mass is 10.1. The maximum absolute atomic E-state index is 13.7. The van der Waals surface area contributed by atoms with Crippen LogP contribution >= 0.6 is 15.9 Å². The average Bonchev–Trinajstić information content (AvgIpc) is 2.42. The van der Waals surface area contributed by atoms with Crippen LogP contribution in [0.15, 0.2) is 40.9 Å². The van der Waals surface area contributed by atoms with E-state index in [0.717, 1.165) is 0 Å². The molecule has 0 atom stereocenters. The highest BCUT2D eigenvalue weighted by Gasteiger charge is 2.15. The van der Waals surface area contributed by atoms with Crippen LogP contribution in [0.3, 0.4) is 0 Å². The number of carbonyl (C=O) groups is 1. The van der Waals surface area contributed by atoms with Gasteiger partial charge >= 0.3 is 0 Å². The number of halogens is 2. The Balaban J connectivity index is 2.36. The number of anilines is 3. The topological polar surface area (TPSA) is 58.4 Å². The molecule has 0 aliphatic carbocycles. The number of nitrogen functional groups attached to an aromatic ring is 1. The summed E-state index contributed by atoms with van der Waals surface area (Å²) >= 11 is 3.25. The molecular weight excluding hydrogens is 337 g/mol. The maximum Gasteiger partial charge on any atom is 0.257 e. The Morgan fingerprint density at radius 2 is 1.95 bits per heavy atom. The van der Waals surface area contributed by atoms with Gasteiger partial charge in [0.15, 0.2) is 0 Å². The molecule has 0 heterocycles. The number of hydrogen-bond acceptors (Lipinski definition) is 3. The van der Waals surface area contributed by atoms with Crippen molar-refractivity contribution in [2.45, 2.75) is 0 Å². The van der Waals surface area contributed by atoms with Gasteiger partial charge < -0.3 is 16.0 Å². The van der Waals surface area contributed by atoms with Crippen LogP contribution in [0.5, 0.6) is 0 Å². The van der Waals surface area contributed by atoms with Crippen LogP contribution in [0.1, 0.15) is 10.4 Å². The highest BCUT2D eigenvalue weighted by molar-refractivity contribution is 9.10. The van der Waals surface area contributed by atoms with Gasteiger partial charge in [-0.15, -0.1) is 0 Å². The summed E-state index contributed by atoms with van der Waals surface area (Å²) in [6.07, 6.45) is 0. The standard InChI is InChI=1S/C15H15BrFN3O/c1-20(2)14-6-4-10(18)8-11(14)15(21)19-13-7-9(16)3-5-12(13)17/h3-8H,18H2,1-2H3,(H,19,21). The van der Waals surface area contributed by atoms with E-state index in [4.69, 9.17) is 5.73 Å². The van der Waals surface area contributed by atoms with E-state index in [-0.39, 0.29) is 5.69 Å². The first kappa shape index (κ1) is 15.3. The molecule has 2 rings (SSSR count). The quantitative estimate of drug-likeness (QED) is 0.832. The largest absolute Gasteiger partial charge is 0.399 e. The lowest BCUT2D eigenvalue weighted by molar-refractivity contribution is 0.102. The Kier molecular flexibility index (Phi) is 4.47. The van der Waals surface area contributed by atoms with Gasteiger partial charge in [0.1, 0.15) is 5.82 Å². The van der Waals surface area contributed by atoms with Crippen molar-refractivity contribution in [2.24, 2.45) is 0 Å². The van der Waals surface area contributed by atoms with Crippen LogP contribution in [0, 0.1) is 5.82 Å². The molecule has 0 aromatic heterocycles. The Labute approximate surface area is 130 Å². The number of nitrogens with one attached hydrogen (secondary N) is 1. The van der Waals surface area contributed by atoms with E-state index in [9.17, 15) is 9.18 Å². The molecule has 3 N–H and O–H groups in total. The number of nitrogens with two attached hydrogens (primary N) is 1. The van der Waals surface area contributed by atoms with Crippen molar-refractivity contribution in [2.75, 3.05) is 30.0 Å². The normalized spacial score (nSPS) is 10.3. The number of carbonyl (C=O) groups excluding carboxylic acids is 1. The molecule has 21 heavy (non-hydrogen) atoms. The van der Waals surface area contributed by atoms with E-state index in [1.165, 1.54) is 12.1 Å². The van der Waals surface area contributed by atoms with E-state index in [0.29, 0.717) is 21.4 Å². The van der Waals surface area contributed by atoms with Crippen molar-refractivity contribution in [1.82, 2.24) is 0 Å². The number of rotatable bonds is 3. The fourth-order valence-electron chi connectivity index (χ4n) is 1.91. The molecule has 0 spiro atoms. The third-order valence-corrected chi connectivity index (χ3v) is 3.42. The zero-order chi connectivity index (χ0) is 15.6. The predicted octanol–water partition coefficient (Wildman–Crippen LogP) is 3.49. The lowest BCUT2D eigenvalue weighted by Gasteiger charge is -2.17. The highest BCUT2D eigenvalue weighted by atomic mass is 79.9. The van der Waals surface area contributed by atoms with Gasteiger partial charge in [-0.1, -0.05) is 15.9 Å². The second-order valence-corrected chi connectivity index (χ2v) is 5.66. The van der Waals surface area contributed by atoms with Gasteiger partial charge in [0.25, 0.3) is 5.91 Å². The second-order valence-electron chi connectivity index (χ2n) is 4.75. The molecule has 2 aromatic carbocycles. The first-order valence-corrected chi connectivity index (χ1v) is 7.01. The van der Waals surface area contributed by atoms with Crippen molar-refractivity contribution in [3.8, 4) is 0 Å². The maximum atomic E-state index is 13.7. The fourth-order valence-corrected chi connectivity index (χ4v) is 2.27.